The van der Waals surface area contributed by atoms with E-state index >= 15 is 0 Å². The Morgan fingerprint density at radius 3 is 2.81 bits per heavy atom. The van der Waals surface area contributed by atoms with Gasteiger partial charge in [0.05, 0.1) is 6.61 Å². The monoisotopic (exact) mass is 221 g/mol. The van der Waals surface area contributed by atoms with E-state index in [0.29, 0.717) is 6.61 Å². The Balaban J connectivity index is 1.94. The maximum absolute atomic E-state index is 11.7. The van der Waals surface area contributed by atoms with Crippen LogP contribution in [-0.2, 0) is 14.3 Å². The van der Waals surface area contributed by atoms with Crippen LogP contribution in [-0.4, -0.2) is 18.9 Å². The molecule has 2 rings (SSSR count). The van der Waals surface area contributed by atoms with E-state index in [-0.39, 0.29) is 0 Å². The van der Waals surface area contributed by atoms with Gasteiger partial charge in [0.15, 0.2) is 0 Å². The third-order valence-corrected chi connectivity index (χ3v) is 2.55. The predicted octanol–water partition coefficient (Wildman–Crippen LogP) is 1.37. The molecule has 4 nitrogen and oxygen atoms in total. The molecule has 4 heteroatoms. The summed E-state index contributed by atoms with van der Waals surface area (Å²) in [6, 6.07) is 8.44. The third-order valence-electron chi connectivity index (χ3n) is 2.55. The highest BCUT2D eigenvalue weighted by Gasteiger charge is 2.24. The van der Waals surface area contributed by atoms with Crippen LogP contribution in [0.5, 0.6) is 0 Å². The van der Waals surface area contributed by atoms with Gasteiger partial charge >= 0.3 is 5.97 Å². The molecule has 1 aliphatic rings. The molecule has 0 spiro atoms. The van der Waals surface area contributed by atoms with Crippen molar-refractivity contribution in [3.8, 4) is 0 Å². The first-order valence-corrected chi connectivity index (χ1v) is 5.40. The van der Waals surface area contributed by atoms with E-state index in [2.05, 4.69) is 0 Å². The number of rotatable bonds is 3. The van der Waals surface area contributed by atoms with Crippen LogP contribution in [0.4, 0.5) is 0 Å². The molecule has 1 aliphatic heterocycles. The van der Waals surface area contributed by atoms with Crippen molar-refractivity contribution in [1.29, 1.82) is 0 Å². The van der Waals surface area contributed by atoms with Crippen molar-refractivity contribution in [1.82, 2.24) is 0 Å². The molecule has 2 atom stereocenters. The smallest absolute Gasteiger partial charge is 0.329 e. The van der Waals surface area contributed by atoms with E-state index in [1.807, 2.05) is 18.2 Å². The highest BCUT2D eigenvalue weighted by molar-refractivity contribution is 5.77. The largest absolute Gasteiger partial charge is 0.434 e. The van der Waals surface area contributed by atoms with E-state index in [0.717, 1.165) is 18.4 Å². The van der Waals surface area contributed by atoms with E-state index in [1.165, 1.54) is 0 Å². The molecule has 16 heavy (non-hydrogen) atoms. The molecule has 0 bridgehead atoms. The Morgan fingerprint density at radius 2 is 2.19 bits per heavy atom. The zero-order valence-corrected chi connectivity index (χ0v) is 8.96. The minimum absolute atomic E-state index is 0.415. The molecule has 0 aliphatic carbocycles. The Bertz CT molecular complexity index is 347. The number of carbonyl (C=O) groups is 1. The topological polar surface area (TPSA) is 61.6 Å². The molecule has 1 aromatic carbocycles. The fourth-order valence-electron chi connectivity index (χ4n) is 1.64. The summed E-state index contributed by atoms with van der Waals surface area (Å²) in [5, 5.41) is 0. The molecule has 1 fully saturated rings. The molecule has 2 unspecified atom stereocenters. The fourth-order valence-corrected chi connectivity index (χ4v) is 1.64. The summed E-state index contributed by atoms with van der Waals surface area (Å²) in [5.74, 6) is -0.432. The van der Waals surface area contributed by atoms with Gasteiger partial charge in [-0.15, -0.1) is 0 Å². The summed E-state index contributed by atoms with van der Waals surface area (Å²) in [4.78, 5) is 11.7. The van der Waals surface area contributed by atoms with E-state index in [4.69, 9.17) is 15.2 Å². The maximum Gasteiger partial charge on any atom is 0.329 e. The van der Waals surface area contributed by atoms with Crippen molar-refractivity contribution in [2.45, 2.75) is 25.2 Å². The summed E-state index contributed by atoms with van der Waals surface area (Å²) >= 11 is 0. The van der Waals surface area contributed by atoms with Crippen molar-refractivity contribution in [3.05, 3.63) is 35.9 Å². The van der Waals surface area contributed by atoms with Gasteiger partial charge in [0.2, 0.25) is 6.29 Å². The molecule has 0 saturated carbocycles. The lowest BCUT2D eigenvalue weighted by Gasteiger charge is -2.15. The summed E-state index contributed by atoms with van der Waals surface area (Å²) in [5.41, 5.74) is 6.54. The number of benzene rings is 1. The number of ether oxygens (including phenoxy) is 2. The third kappa shape index (κ3) is 2.59. The second kappa shape index (κ2) is 5.09. The van der Waals surface area contributed by atoms with Gasteiger partial charge in [0.25, 0.3) is 0 Å². The number of nitrogens with two attached hydrogens (primary N) is 1. The van der Waals surface area contributed by atoms with Crippen molar-refractivity contribution >= 4 is 5.97 Å². The molecule has 86 valence electrons. The molecule has 1 aromatic rings. The standard InChI is InChI=1S/C12H15NO3/c13-11(9-5-2-1-3-6-9)12(14)16-10-7-4-8-15-10/h1-3,5-6,10-11H,4,7-8,13H2. The quantitative estimate of drug-likeness (QED) is 0.783. The molecular weight excluding hydrogens is 206 g/mol. The summed E-state index contributed by atoms with van der Waals surface area (Å²) in [6.07, 6.45) is 1.27. The zero-order chi connectivity index (χ0) is 11.4. The number of carbonyl (C=O) groups excluding carboxylic acids is 1. The van der Waals surface area contributed by atoms with Crippen LogP contribution in [0, 0.1) is 0 Å². The summed E-state index contributed by atoms with van der Waals surface area (Å²) in [6.45, 7) is 0.651. The molecule has 0 aromatic heterocycles. The number of hydrogen-bond donors (Lipinski definition) is 1. The Hall–Kier alpha value is -1.39. The van der Waals surface area contributed by atoms with Crippen molar-refractivity contribution in [2.24, 2.45) is 5.73 Å². The minimum atomic E-state index is -0.731. The molecule has 0 amide bonds. The van der Waals surface area contributed by atoms with Gasteiger partial charge in [-0.2, -0.15) is 0 Å². The molecular formula is C12H15NO3. The average molecular weight is 221 g/mol. The van der Waals surface area contributed by atoms with Crippen molar-refractivity contribution in [2.75, 3.05) is 6.61 Å². The minimum Gasteiger partial charge on any atom is -0.434 e. The van der Waals surface area contributed by atoms with Crippen LogP contribution >= 0.6 is 0 Å². The van der Waals surface area contributed by atoms with Gasteiger partial charge in [0, 0.05) is 6.42 Å². The van der Waals surface area contributed by atoms with Crippen molar-refractivity contribution in [3.63, 3.8) is 0 Å². The molecule has 1 heterocycles. The van der Waals surface area contributed by atoms with Gasteiger partial charge < -0.3 is 15.2 Å². The summed E-state index contributed by atoms with van der Waals surface area (Å²) < 4.78 is 10.4. The molecule has 1 saturated heterocycles. The highest BCUT2D eigenvalue weighted by atomic mass is 16.7. The van der Waals surface area contributed by atoms with Gasteiger partial charge in [-0.3, -0.25) is 0 Å². The lowest BCUT2D eigenvalue weighted by molar-refractivity contribution is -0.171. The average Bonchev–Trinajstić information content (AvgIpc) is 2.82. The highest BCUT2D eigenvalue weighted by Crippen LogP contribution is 2.17. The Labute approximate surface area is 94.3 Å². The van der Waals surface area contributed by atoms with Crippen LogP contribution in [0.2, 0.25) is 0 Å². The lowest BCUT2D eigenvalue weighted by Crippen LogP contribution is -2.27. The summed E-state index contributed by atoms with van der Waals surface area (Å²) in [7, 11) is 0. The van der Waals surface area contributed by atoms with E-state index < -0.39 is 18.3 Å². The maximum atomic E-state index is 11.7. The van der Waals surface area contributed by atoms with Crippen LogP contribution in [0.3, 0.4) is 0 Å². The first kappa shape index (κ1) is 11.1. The Morgan fingerprint density at radius 1 is 1.44 bits per heavy atom. The molecule has 2 N–H and O–H groups in total. The first-order valence-electron chi connectivity index (χ1n) is 5.40. The van der Waals surface area contributed by atoms with E-state index in [9.17, 15) is 4.79 Å². The van der Waals surface area contributed by atoms with Gasteiger partial charge in [0.1, 0.15) is 6.04 Å². The van der Waals surface area contributed by atoms with Crippen LogP contribution in [0.15, 0.2) is 30.3 Å². The predicted molar refractivity (Wildman–Crippen MR) is 58.4 cm³/mol. The van der Waals surface area contributed by atoms with Gasteiger partial charge in [-0.1, -0.05) is 30.3 Å². The normalized spacial score (nSPS) is 21.7. The molecule has 0 radical (unpaired) electrons. The number of hydrogen-bond acceptors (Lipinski definition) is 4. The van der Waals surface area contributed by atoms with Gasteiger partial charge in [-0.25, -0.2) is 4.79 Å². The van der Waals surface area contributed by atoms with Crippen LogP contribution in [0.1, 0.15) is 24.4 Å². The van der Waals surface area contributed by atoms with Crippen LogP contribution < -0.4 is 5.73 Å². The first-order chi connectivity index (χ1) is 7.77. The van der Waals surface area contributed by atoms with Gasteiger partial charge in [-0.05, 0) is 12.0 Å². The lowest BCUT2D eigenvalue weighted by atomic mass is 10.1. The second-order valence-corrected chi connectivity index (χ2v) is 3.77. The zero-order valence-electron chi connectivity index (χ0n) is 8.96. The SMILES string of the molecule is NC(C(=O)OC1CCCO1)c1ccccc1. The fraction of sp³-hybridized carbons (Fsp3) is 0.417. The van der Waals surface area contributed by atoms with Crippen LogP contribution in [0.25, 0.3) is 0 Å². The number of esters is 1. The van der Waals surface area contributed by atoms with E-state index in [1.54, 1.807) is 12.1 Å². The Kier molecular flexibility index (Phi) is 3.54. The van der Waals surface area contributed by atoms with Crippen molar-refractivity contribution < 1.29 is 14.3 Å². The second-order valence-electron chi connectivity index (χ2n) is 3.77.